The first kappa shape index (κ1) is 30.8. The second kappa shape index (κ2) is 14.2. The molecule has 2 aromatic carbocycles. The molecule has 0 aliphatic carbocycles. The Morgan fingerprint density at radius 3 is 2.52 bits per heavy atom. The molecule has 9 nitrogen and oxygen atoms in total. The summed E-state index contributed by atoms with van der Waals surface area (Å²) in [6.45, 7) is 20.4. The Morgan fingerprint density at radius 2 is 1.77 bits per heavy atom. The Labute approximate surface area is 259 Å². The van der Waals surface area contributed by atoms with Gasteiger partial charge in [-0.15, -0.1) is 0 Å². The number of aromatic nitrogens is 3. The second-order valence-electron chi connectivity index (χ2n) is 11.3. The topological polar surface area (TPSA) is 77.1 Å². The molecule has 9 heteroatoms. The highest BCUT2D eigenvalue weighted by atomic mass is 16.5. The van der Waals surface area contributed by atoms with Crippen molar-refractivity contribution in [2.75, 3.05) is 32.8 Å². The largest absolute Gasteiger partial charge is 0.493 e. The van der Waals surface area contributed by atoms with Crippen LogP contribution in [0.1, 0.15) is 58.5 Å². The maximum atomic E-state index is 13.5. The van der Waals surface area contributed by atoms with E-state index in [1.54, 1.807) is 12.3 Å². The van der Waals surface area contributed by atoms with Gasteiger partial charge in [-0.3, -0.25) is 14.7 Å². The number of unbranched alkanes of at least 4 members (excludes halogenated alkanes) is 1. The average molecular weight is 593 g/mol. The van der Waals surface area contributed by atoms with Crippen LogP contribution in [0.3, 0.4) is 0 Å². The van der Waals surface area contributed by atoms with Gasteiger partial charge in [0.25, 0.3) is 5.91 Å². The van der Waals surface area contributed by atoms with Gasteiger partial charge in [0, 0.05) is 51.7 Å². The van der Waals surface area contributed by atoms with Crippen LogP contribution in [-0.4, -0.2) is 63.0 Å². The van der Waals surface area contributed by atoms with Crippen LogP contribution >= 0.6 is 0 Å². The first-order chi connectivity index (χ1) is 21.4. The lowest BCUT2D eigenvalue weighted by Crippen LogP contribution is -2.48. The van der Waals surface area contributed by atoms with Gasteiger partial charge in [0.1, 0.15) is 23.1 Å². The molecule has 2 aromatic heterocycles. The van der Waals surface area contributed by atoms with Crippen molar-refractivity contribution in [3.8, 4) is 17.2 Å². The van der Waals surface area contributed by atoms with Crippen LogP contribution in [0, 0.1) is 27.3 Å². The molecular formula is C35H40N6O3. The number of hydrogen-bond donors (Lipinski definition) is 0. The van der Waals surface area contributed by atoms with Crippen LogP contribution < -0.4 is 9.47 Å². The minimum absolute atomic E-state index is 0.0272. The van der Waals surface area contributed by atoms with E-state index in [2.05, 4.69) is 31.2 Å². The number of ether oxygens (including phenoxy) is 2. The number of carbonyl (C=O) groups excluding carboxylic acids is 1. The highest BCUT2D eigenvalue weighted by Gasteiger charge is 2.25. The minimum atomic E-state index is 0.0272. The van der Waals surface area contributed by atoms with E-state index in [9.17, 15) is 4.79 Å². The van der Waals surface area contributed by atoms with Crippen LogP contribution in [-0.2, 0) is 13.1 Å². The summed E-state index contributed by atoms with van der Waals surface area (Å²) in [5.74, 6) is 2.78. The van der Waals surface area contributed by atoms with Crippen molar-refractivity contribution in [2.45, 2.75) is 53.6 Å². The molecule has 1 aliphatic heterocycles. The third-order valence-corrected chi connectivity index (χ3v) is 7.97. The van der Waals surface area contributed by atoms with Crippen molar-refractivity contribution >= 4 is 11.6 Å². The number of carbonyl (C=O) groups is 1. The molecular weight excluding hydrogens is 552 g/mol. The lowest BCUT2D eigenvalue weighted by Gasteiger charge is -2.35. The third kappa shape index (κ3) is 7.26. The lowest BCUT2D eigenvalue weighted by atomic mass is 10.1. The SMILES string of the molecule is [C-]#[N+]c1ccc(Cn2c(CN3CCN(C(=O)c4ccc(C)cc4OCCCC)CC3)cnc2C)cc1Oc1cccnc1C. The molecule has 0 saturated carbocycles. The first-order valence-corrected chi connectivity index (χ1v) is 15.2. The third-order valence-electron chi connectivity index (χ3n) is 7.97. The molecule has 228 valence electrons. The van der Waals surface area contributed by atoms with E-state index < -0.39 is 0 Å². The summed E-state index contributed by atoms with van der Waals surface area (Å²) in [5.41, 5.74) is 5.06. The van der Waals surface area contributed by atoms with Crippen LogP contribution in [0.4, 0.5) is 5.69 Å². The van der Waals surface area contributed by atoms with Gasteiger partial charge >= 0.3 is 0 Å². The van der Waals surface area contributed by atoms with Crippen molar-refractivity contribution in [3.05, 3.63) is 106 Å². The van der Waals surface area contributed by atoms with Crippen molar-refractivity contribution in [3.63, 3.8) is 0 Å². The zero-order valence-electron chi connectivity index (χ0n) is 26.0. The average Bonchev–Trinajstić information content (AvgIpc) is 3.36. The normalized spacial score (nSPS) is 13.5. The predicted octanol–water partition coefficient (Wildman–Crippen LogP) is 6.73. The summed E-state index contributed by atoms with van der Waals surface area (Å²) in [6, 6.07) is 15.2. The summed E-state index contributed by atoms with van der Waals surface area (Å²) < 4.78 is 14.3. The number of imidazole rings is 1. The second-order valence-corrected chi connectivity index (χ2v) is 11.3. The van der Waals surface area contributed by atoms with Gasteiger partial charge in [0.15, 0.2) is 0 Å². The molecule has 44 heavy (non-hydrogen) atoms. The van der Waals surface area contributed by atoms with Crippen molar-refractivity contribution in [2.24, 2.45) is 0 Å². The Hall–Kier alpha value is -4.68. The maximum Gasteiger partial charge on any atom is 0.257 e. The van der Waals surface area contributed by atoms with Crippen molar-refractivity contribution in [1.29, 1.82) is 0 Å². The molecule has 0 bridgehead atoms. The standard InChI is InChI=1S/C35H40N6O3/c1-6-7-19-43-33-20-25(2)10-12-30(33)35(42)40-17-15-39(16-18-40)24-29-22-38-27(4)41(29)23-28-11-13-31(36-5)34(21-28)44-32-9-8-14-37-26(32)3/h8-14,20-22H,6-7,15-19,23-24H2,1-4H3. The lowest BCUT2D eigenvalue weighted by molar-refractivity contribution is 0.0621. The molecule has 4 aromatic rings. The number of amides is 1. The Morgan fingerprint density at radius 1 is 0.955 bits per heavy atom. The summed E-state index contributed by atoms with van der Waals surface area (Å²) in [7, 11) is 0. The molecule has 0 atom stereocenters. The Bertz CT molecular complexity index is 1650. The molecule has 0 spiro atoms. The van der Waals surface area contributed by atoms with E-state index in [4.69, 9.17) is 16.0 Å². The first-order valence-electron chi connectivity index (χ1n) is 15.2. The quantitative estimate of drug-likeness (QED) is 0.142. The molecule has 5 rings (SSSR count). The molecule has 0 unspecified atom stereocenters. The molecule has 1 aliphatic rings. The monoisotopic (exact) mass is 592 g/mol. The number of rotatable bonds is 11. The minimum Gasteiger partial charge on any atom is -0.493 e. The smallest absolute Gasteiger partial charge is 0.257 e. The van der Waals surface area contributed by atoms with E-state index >= 15 is 0 Å². The number of aryl methyl sites for hydroxylation is 3. The number of benzene rings is 2. The summed E-state index contributed by atoms with van der Waals surface area (Å²) in [4.78, 5) is 30.3. The fraction of sp³-hybridized carbons (Fsp3) is 0.371. The van der Waals surface area contributed by atoms with Gasteiger partial charge in [0.05, 0.1) is 30.1 Å². The van der Waals surface area contributed by atoms with Crippen LogP contribution in [0.2, 0.25) is 0 Å². The van der Waals surface area contributed by atoms with Gasteiger partial charge in [-0.1, -0.05) is 31.5 Å². The fourth-order valence-electron chi connectivity index (χ4n) is 5.33. The van der Waals surface area contributed by atoms with Gasteiger partial charge < -0.3 is 18.9 Å². The highest BCUT2D eigenvalue weighted by molar-refractivity contribution is 5.97. The molecule has 1 saturated heterocycles. The van der Waals surface area contributed by atoms with Gasteiger partial charge in [-0.25, -0.2) is 9.83 Å². The molecule has 0 radical (unpaired) electrons. The molecule has 1 amide bonds. The van der Waals surface area contributed by atoms with E-state index in [-0.39, 0.29) is 5.91 Å². The zero-order valence-corrected chi connectivity index (χ0v) is 26.0. The van der Waals surface area contributed by atoms with Crippen molar-refractivity contribution < 1.29 is 14.3 Å². The van der Waals surface area contributed by atoms with E-state index in [0.717, 1.165) is 60.8 Å². The van der Waals surface area contributed by atoms with E-state index in [1.165, 1.54) is 0 Å². The Balaban J connectivity index is 1.24. The van der Waals surface area contributed by atoms with Gasteiger partial charge in [0.2, 0.25) is 5.69 Å². The van der Waals surface area contributed by atoms with Crippen LogP contribution in [0.25, 0.3) is 4.85 Å². The van der Waals surface area contributed by atoms with Gasteiger partial charge in [-0.05, 0) is 68.7 Å². The predicted molar refractivity (Wildman–Crippen MR) is 171 cm³/mol. The number of nitrogens with zero attached hydrogens (tertiary/aromatic N) is 6. The summed E-state index contributed by atoms with van der Waals surface area (Å²) in [5, 5.41) is 0. The number of hydrogen-bond acceptors (Lipinski definition) is 6. The maximum absolute atomic E-state index is 13.5. The highest BCUT2D eigenvalue weighted by Crippen LogP contribution is 2.34. The van der Waals surface area contributed by atoms with Crippen molar-refractivity contribution in [1.82, 2.24) is 24.3 Å². The zero-order chi connectivity index (χ0) is 31.1. The number of piperazine rings is 1. The number of pyridine rings is 1. The summed E-state index contributed by atoms with van der Waals surface area (Å²) in [6.07, 6.45) is 5.66. The van der Waals surface area contributed by atoms with Gasteiger partial charge in [-0.2, -0.15) is 0 Å². The summed E-state index contributed by atoms with van der Waals surface area (Å²) >= 11 is 0. The molecule has 0 N–H and O–H groups in total. The molecule has 1 fully saturated rings. The van der Waals surface area contributed by atoms with Crippen LogP contribution in [0.15, 0.2) is 60.9 Å². The van der Waals surface area contributed by atoms with Crippen LogP contribution in [0.5, 0.6) is 17.2 Å². The van der Waals surface area contributed by atoms with E-state index in [1.807, 2.05) is 74.3 Å². The fourth-order valence-corrected chi connectivity index (χ4v) is 5.33. The molecule has 3 heterocycles. The van der Waals surface area contributed by atoms with E-state index in [0.29, 0.717) is 54.7 Å². The Kier molecular flexibility index (Phi) is 9.93.